The van der Waals surface area contributed by atoms with E-state index in [2.05, 4.69) is 20.6 Å². The Kier molecular flexibility index (Phi) is 6.25. The van der Waals surface area contributed by atoms with Crippen LogP contribution in [0.3, 0.4) is 0 Å². The van der Waals surface area contributed by atoms with Gasteiger partial charge in [0, 0.05) is 22.9 Å². The number of hydrogen-bond acceptors (Lipinski definition) is 6. The molecule has 1 aliphatic rings. The minimum absolute atomic E-state index is 0.00739. The summed E-state index contributed by atoms with van der Waals surface area (Å²) in [7, 11) is -4.00. The Morgan fingerprint density at radius 1 is 1.10 bits per heavy atom. The fourth-order valence-corrected chi connectivity index (χ4v) is 4.25. The molecule has 0 spiro atoms. The van der Waals surface area contributed by atoms with Gasteiger partial charge in [-0.15, -0.1) is 0 Å². The summed E-state index contributed by atoms with van der Waals surface area (Å²) >= 11 is 0. The lowest BCUT2D eigenvalue weighted by atomic mass is 9.96. The van der Waals surface area contributed by atoms with Crippen LogP contribution in [0.2, 0.25) is 0 Å². The third-order valence-corrected chi connectivity index (χ3v) is 6.33. The molecule has 1 aromatic heterocycles. The van der Waals surface area contributed by atoms with Gasteiger partial charge >= 0.3 is 6.03 Å². The molecule has 2 aromatic rings. The first kappa shape index (κ1) is 18.7. The van der Waals surface area contributed by atoms with Crippen LogP contribution in [0.4, 0.5) is 4.79 Å². The molecular weight excluding hydrogens is 418 g/mol. The number of rotatable bonds is 7. The average Bonchev–Trinajstić information content (AvgIpc) is 2.79. The summed E-state index contributed by atoms with van der Waals surface area (Å²) in [5.74, 6) is -0.503. The Labute approximate surface area is 186 Å². The molecule has 31 heavy (non-hydrogen) atoms. The highest BCUT2D eigenvalue weighted by molar-refractivity contribution is 7.90. The van der Waals surface area contributed by atoms with Crippen molar-refractivity contribution in [3.05, 3.63) is 53.6 Å². The molecule has 3 amide bonds. The van der Waals surface area contributed by atoms with Crippen LogP contribution in [0.25, 0.3) is 0 Å². The van der Waals surface area contributed by atoms with Crippen molar-refractivity contribution in [2.45, 2.75) is 56.3 Å². The molecule has 166 valence electrons. The van der Waals surface area contributed by atoms with Crippen LogP contribution in [0.15, 0.2) is 41.6 Å². The maximum atomic E-state index is 12.5. The van der Waals surface area contributed by atoms with Crippen molar-refractivity contribution in [2.24, 2.45) is 0 Å². The van der Waals surface area contributed by atoms with Crippen LogP contribution in [-0.2, 0) is 16.4 Å². The highest BCUT2D eigenvalue weighted by Gasteiger charge is 2.21. The average molecular weight is 449 g/mol. The van der Waals surface area contributed by atoms with E-state index in [-0.39, 0.29) is 28.9 Å². The van der Waals surface area contributed by atoms with E-state index in [9.17, 15) is 18.0 Å². The highest BCUT2D eigenvalue weighted by atomic mass is 32.2. The molecule has 1 heterocycles. The van der Waals surface area contributed by atoms with E-state index in [0.717, 1.165) is 50.1 Å². The lowest BCUT2D eigenvalue weighted by molar-refractivity contribution is 0.0948. The van der Waals surface area contributed by atoms with Gasteiger partial charge < -0.3 is 10.6 Å². The molecule has 1 aromatic carbocycles. The van der Waals surface area contributed by atoms with Crippen LogP contribution in [0, 0.1) is 6.85 Å². The predicted octanol–water partition coefficient (Wildman–Crippen LogP) is 2.08. The summed E-state index contributed by atoms with van der Waals surface area (Å²) in [6, 6.07) is 5.26. The van der Waals surface area contributed by atoms with Crippen molar-refractivity contribution < 1.29 is 22.1 Å². The number of sulfonamides is 1. The van der Waals surface area contributed by atoms with Crippen LogP contribution < -0.4 is 15.4 Å². The first-order valence-corrected chi connectivity index (χ1v) is 11.6. The molecule has 3 N–H and O–H groups in total. The van der Waals surface area contributed by atoms with Gasteiger partial charge in [0.1, 0.15) is 5.69 Å². The standard InChI is InChI=1S/C21H27N5O4S/c1-15-13-24-19(14-23-15)20(27)22-12-11-16-7-9-18(10-8-16)31(29,30)26-21(28)25-17-5-3-2-4-6-17/h7-10,13-14,17H,2-6,11-12H2,1H3,(H,22,27)(H2,25,26,28)/i1D3. The normalized spacial score (nSPS) is 16.5. The molecule has 0 aliphatic heterocycles. The number of amides is 3. The Morgan fingerprint density at radius 2 is 1.84 bits per heavy atom. The van der Waals surface area contributed by atoms with Crippen molar-refractivity contribution in [2.75, 3.05) is 6.54 Å². The van der Waals surface area contributed by atoms with Crippen molar-refractivity contribution in [1.29, 1.82) is 0 Å². The van der Waals surface area contributed by atoms with Gasteiger partial charge in [-0.05, 0) is 43.8 Å². The van der Waals surface area contributed by atoms with Gasteiger partial charge in [0.15, 0.2) is 0 Å². The SMILES string of the molecule is [2H]C([2H])([2H])c1cnc(C(=O)NCCc2ccc(S(=O)(=O)NC(=O)NC3CCCCC3)cc2)cn1. The summed E-state index contributed by atoms with van der Waals surface area (Å²) in [5, 5.41) is 5.36. The second kappa shape index (κ2) is 10.3. The summed E-state index contributed by atoms with van der Waals surface area (Å²) in [6.07, 6.45) is 7.43. The molecule has 9 nitrogen and oxygen atoms in total. The van der Waals surface area contributed by atoms with E-state index < -0.39 is 28.8 Å². The van der Waals surface area contributed by atoms with Gasteiger partial charge in [-0.3, -0.25) is 9.78 Å². The first-order valence-electron chi connectivity index (χ1n) is 11.6. The van der Waals surface area contributed by atoms with Crippen LogP contribution in [0.1, 0.15) is 58.0 Å². The fraction of sp³-hybridized carbons (Fsp3) is 0.429. The number of aryl methyl sites for hydroxylation is 1. The Morgan fingerprint density at radius 3 is 2.48 bits per heavy atom. The zero-order chi connectivity index (χ0) is 24.8. The summed E-state index contributed by atoms with van der Waals surface area (Å²) in [6.45, 7) is -2.15. The van der Waals surface area contributed by atoms with Crippen molar-refractivity contribution >= 4 is 22.0 Å². The fourth-order valence-electron chi connectivity index (χ4n) is 3.33. The van der Waals surface area contributed by atoms with Crippen molar-refractivity contribution in [1.82, 2.24) is 25.3 Å². The summed E-state index contributed by atoms with van der Waals surface area (Å²) < 4.78 is 48.8. The molecule has 0 unspecified atom stereocenters. The van der Waals surface area contributed by atoms with Crippen molar-refractivity contribution in [3.8, 4) is 0 Å². The molecule has 0 bridgehead atoms. The number of nitrogens with one attached hydrogen (secondary N) is 3. The first-order chi connectivity index (χ1) is 16.0. The van der Waals surface area contributed by atoms with Gasteiger partial charge in [-0.1, -0.05) is 31.4 Å². The van der Waals surface area contributed by atoms with E-state index in [4.69, 9.17) is 4.11 Å². The van der Waals surface area contributed by atoms with E-state index >= 15 is 0 Å². The van der Waals surface area contributed by atoms with E-state index in [1.54, 1.807) is 12.1 Å². The number of carbonyl (C=O) groups is 2. The zero-order valence-corrected chi connectivity index (χ0v) is 17.7. The Hall–Kier alpha value is -3.01. The lowest BCUT2D eigenvalue weighted by Gasteiger charge is -2.22. The summed E-state index contributed by atoms with van der Waals surface area (Å²) in [5.41, 5.74) is 0.571. The topological polar surface area (TPSA) is 130 Å². The van der Waals surface area contributed by atoms with E-state index in [1.165, 1.54) is 12.1 Å². The van der Waals surface area contributed by atoms with Crippen molar-refractivity contribution in [3.63, 3.8) is 0 Å². The molecule has 0 radical (unpaired) electrons. The third-order valence-electron chi connectivity index (χ3n) is 4.98. The molecule has 1 aliphatic carbocycles. The zero-order valence-electron chi connectivity index (χ0n) is 19.9. The molecule has 10 heteroatoms. The molecule has 0 saturated heterocycles. The second-order valence-electron chi connectivity index (χ2n) is 7.35. The van der Waals surface area contributed by atoms with Gasteiger partial charge in [0.2, 0.25) is 0 Å². The Bertz CT molecular complexity index is 1100. The van der Waals surface area contributed by atoms with Crippen LogP contribution >= 0.6 is 0 Å². The predicted molar refractivity (Wildman–Crippen MR) is 115 cm³/mol. The maximum absolute atomic E-state index is 12.5. The quantitative estimate of drug-likeness (QED) is 0.594. The monoisotopic (exact) mass is 448 g/mol. The number of urea groups is 1. The van der Waals surface area contributed by atoms with Crippen LogP contribution in [-0.4, -0.2) is 42.9 Å². The molecular formula is C21H27N5O4S. The minimum atomic E-state index is -4.00. The number of aromatic nitrogens is 2. The number of carbonyl (C=O) groups excluding carboxylic acids is 2. The molecule has 3 rings (SSSR count). The number of hydrogen-bond donors (Lipinski definition) is 3. The minimum Gasteiger partial charge on any atom is -0.350 e. The molecule has 0 atom stereocenters. The molecule has 1 saturated carbocycles. The largest absolute Gasteiger partial charge is 0.350 e. The smallest absolute Gasteiger partial charge is 0.328 e. The van der Waals surface area contributed by atoms with Gasteiger partial charge in [-0.2, -0.15) is 0 Å². The van der Waals surface area contributed by atoms with E-state index in [0.29, 0.717) is 6.42 Å². The van der Waals surface area contributed by atoms with E-state index in [1.807, 2.05) is 4.72 Å². The second-order valence-corrected chi connectivity index (χ2v) is 9.03. The molecule has 1 fully saturated rings. The van der Waals surface area contributed by atoms with Gasteiger partial charge in [-0.25, -0.2) is 22.9 Å². The van der Waals surface area contributed by atoms with Gasteiger partial charge in [0.25, 0.3) is 15.9 Å². The summed E-state index contributed by atoms with van der Waals surface area (Å²) in [4.78, 5) is 31.8. The maximum Gasteiger partial charge on any atom is 0.328 e. The van der Waals surface area contributed by atoms with Crippen LogP contribution in [0.5, 0.6) is 0 Å². The third kappa shape index (κ3) is 6.74. The highest BCUT2D eigenvalue weighted by Crippen LogP contribution is 2.17. The number of benzene rings is 1. The van der Waals surface area contributed by atoms with Gasteiger partial charge in [0.05, 0.1) is 16.8 Å². The number of nitrogens with zero attached hydrogens (tertiary/aromatic N) is 2. The Balaban J connectivity index is 1.48. The lowest BCUT2D eigenvalue weighted by Crippen LogP contribution is -2.45.